The van der Waals surface area contributed by atoms with E-state index in [1.54, 1.807) is 6.07 Å². The van der Waals surface area contributed by atoms with Crippen LogP contribution in [0.4, 0.5) is 4.39 Å². The Labute approximate surface area is 127 Å². The minimum Gasteiger partial charge on any atom is -0.464 e. The van der Waals surface area contributed by atoms with E-state index >= 15 is 0 Å². The molecular formula is C16H19BrFNO. The van der Waals surface area contributed by atoms with E-state index < -0.39 is 0 Å². The summed E-state index contributed by atoms with van der Waals surface area (Å²) in [5, 5.41) is 3.36. The largest absolute Gasteiger partial charge is 0.464 e. The van der Waals surface area contributed by atoms with Gasteiger partial charge in [0.1, 0.15) is 17.3 Å². The highest BCUT2D eigenvalue weighted by atomic mass is 79.9. The van der Waals surface area contributed by atoms with E-state index in [0.29, 0.717) is 12.0 Å². The number of halogens is 2. The van der Waals surface area contributed by atoms with E-state index in [9.17, 15) is 4.39 Å². The molecule has 1 atom stereocenters. The van der Waals surface area contributed by atoms with Crippen LogP contribution in [0.15, 0.2) is 39.2 Å². The standard InChI is InChI=1S/C16H19BrFNO/c1-3-13-6-8-16(20-13)15(19-4-2)10-11-9-12(17)5-7-14(11)18/h5-9,15,19H,3-4,10H2,1-2H3. The van der Waals surface area contributed by atoms with Crippen molar-refractivity contribution in [3.8, 4) is 0 Å². The number of likely N-dealkylation sites (N-methyl/N-ethyl adjacent to an activating group) is 1. The van der Waals surface area contributed by atoms with Gasteiger partial charge in [-0.3, -0.25) is 0 Å². The summed E-state index contributed by atoms with van der Waals surface area (Å²) in [4.78, 5) is 0. The number of hydrogen-bond acceptors (Lipinski definition) is 2. The Kier molecular flexibility index (Phi) is 5.38. The van der Waals surface area contributed by atoms with Crippen molar-refractivity contribution in [2.75, 3.05) is 6.54 Å². The van der Waals surface area contributed by atoms with Crippen molar-refractivity contribution < 1.29 is 8.81 Å². The van der Waals surface area contributed by atoms with Crippen LogP contribution in [0.2, 0.25) is 0 Å². The van der Waals surface area contributed by atoms with Crippen LogP contribution < -0.4 is 5.32 Å². The van der Waals surface area contributed by atoms with Crippen LogP contribution in [0.25, 0.3) is 0 Å². The SMILES string of the molecule is CCNC(Cc1cc(Br)ccc1F)c1ccc(CC)o1. The molecule has 0 saturated carbocycles. The highest BCUT2D eigenvalue weighted by Crippen LogP contribution is 2.24. The summed E-state index contributed by atoms with van der Waals surface area (Å²) >= 11 is 3.39. The zero-order valence-corrected chi connectivity index (χ0v) is 13.3. The average molecular weight is 340 g/mol. The van der Waals surface area contributed by atoms with Crippen LogP contribution in [0.3, 0.4) is 0 Å². The first-order valence-corrected chi connectivity index (χ1v) is 7.69. The molecule has 4 heteroatoms. The molecule has 0 bridgehead atoms. The van der Waals surface area contributed by atoms with Crippen molar-refractivity contribution >= 4 is 15.9 Å². The summed E-state index contributed by atoms with van der Waals surface area (Å²) in [6.45, 7) is 4.90. The summed E-state index contributed by atoms with van der Waals surface area (Å²) < 4.78 is 20.6. The third kappa shape index (κ3) is 3.70. The molecule has 0 aliphatic rings. The zero-order valence-electron chi connectivity index (χ0n) is 11.7. The maximum absolute atomic E-state index is 13.9. The summed E-state index contributed by atoms with van der Waals surface area (Å²) in [6, 6.07) is 8.97. The minimum absolute atomic E-state index is 0.0101. The molecule has 0 amide bonds. The van der Waals surface area contributed by atoms with Gasteiger partial charge in [0.25, 0.3) is 0 Å². The van der Waals surface area contributed by atoms with Gasteiger partial charge >= 0.3 is 0 Å². The van der Waals surface area contributed by atoms with E-state index in [1.807, 2.05) is 25.1 Å². The van der Waals surface area contributed by atoms with Gasteiger partial charge in [-0.15, -0.1) is 0 Å². The zero-order chi connectivity index (χ0) is 14.5. The Morgan fingerprint density at radius 3 is 2.70 bits per heavy atom. The molecule has 1 unspecified atom stereocenters. The van der Waals surface area contributed by atoms with Gasteiger partial charge in [0.2, 0.25) is 0 Å². The Morgan fingerprint density at radius 1 is 1.25 bits per heavy atom. The molecule has 20 heavy (non-hydrogen) atoms. The monoisotopic (exact) mass is 339 g/mol. The second-order valence-electron chi connectivity index (χ2n) is 4.71. The number of benzene rings is 1. The Balaban J connectivity index is 2.22. The van der Waals surface area contributed by atoms with Crippen molar-refractivity contribution in [2.24, 2.45) is 0 Å². The molecule has 108 valence electrons. The third-order valence-electron chi connectivity index (χ3n) is 3.26. The van der Waals surface area contributed by atoms with Gasteiger partial charge < -0.3 is 9.73 Å². The fourth-order valence-corrected chi connectivity index (χ4v) is 2.62. The minimum atomic E-state index is -0.182. The maximum atomic E-state index is 13.9. The van der Waals surface area contributed by atoms with E-state index in [2.05, 4.69) is 28.2 Å². The number of aryl methyl sites for hydroxylation is 1. The van der Waals surface area contributed by atoms with Crippen molar-refractivity contribution in [2.45, 2.75) is 32.7 Å². The number of rotatable bonds is 6. The normalized spacial score (nSPS) is 12.6. The Bertz CT molecular complexity index is 567. The lowest BCUT2D eigenvalue weighted by Gasteiger charge is -2.16. The molecule has 1 heterocycles. The van der Waals surface area contributed by atoms with Crippen LogP contribution in [-0.2, 0) is 12.8 Å². The van der Waals surface area contributed by atoms with Crippen LogP contribution in [0.1, 0.15) is 37.0 Å². The average Bonchev–Trinajstić information content (AvgIpc) is 2.91. The lowest BCUT2D eigenvalue weighted by Crippen LogP contribution is -2.23. The van der Waals surface area contributed by atoms with Crippen LogP contribution in [0.5, 0.6) is 0 Å². The highest BCUT2D eigenvalue weighted by Gasteiger charge is 2.17. The molecule has 0 spiro atoms. The molecule has 0 radical (unpaired) electrons. The van der Waals surface area contributed by atoms with E-state index in [1.165, 1.54) is 6.07 Å². The first kappa shape index (κ1) is 15.3. The van der Waals surface area contributed by atoms with Crippen molar-refractivity contribution in [3.05, 3.63) is 57.7 Å². The van der Waals surface area contributed by atoms with Gasteiger partial charge in [0.15, 0.2) is 0 Å². The number of hydrogen-bond donors (Lipinski definition) is 1. The smallest absolute Gasteiger partial charge is 0.126 e. The predicted molar refractivity (Wildman–Crippen MR) is 82.3 cm³/mol. The van der Waals surface area contributed by atoms with Crippen LogP contribution >= 0.6 is 15.9 Å². The molecule has 1 aromatic carbocycles. The van der Waals surface area contributed by atoms with Gasteiger partial charge in [-0.2, -0.15) is 0 Å². The second kappa shape index (κ2) is 7.04. The number of nitrogens with one attached hydrogen (secondary N) is 1. The Hall–Kier alpha value is -1.13. The highest BCUT2D eigenvalue weighted by molar-refractivity contribution is 9.10. The Morgan fingerprint density at radius 2 is 2.05 bits per heavy atom. The van der Waals surface area contributed by atoms with Gasteiger partial charge in [-0.05, 0) is 48.9 Å². The van der Waals surface area contributed by atoms with Gasteiger partial charge in [-0.1, -0.05) is 29.8 Å². The molecule has 2 nitrogen and oxygen atoms in total. The molecule has 1 aromatic heterocycles. The molecule has 2 aromatic rings. The number of furan rings is 1. The summed E-state index contributed by atoms with van der Waals surface area (Å²) in [5.74, 6) is 1.64. The third-order valence-corrected chi connectivity index (χ3v) is 3.75. The van der Waals surface area contributed by atoms with Crippen LogP contribution in [-0.4, -0.2) is 6.54 Å². The maximum Gasteiger partial charge on any atom is 0.126 e. The molecule has 0 saturated heterocycles. The molecule has 1 N–H and O–H groups in total. The van der Waals surface area contributed by atoms with E-state index in [0.717, 1.165) is 29.0 Å². The molecule has 0 aliphatic heterocycles. The van der Waals surface area contributed by atoms with Crippen molar-refractivity contribution in [1.29, 1.82) is 0 Å². The van der Waals surface area contributed by atoms with E-state index in [4.69, 9.17) is 4.42 Å². The molecular weight excluding hydrogens is 321 g/mol. The predicted octanol–water partition coefficient (Wildman–Crippen LogP) is 4.64. The first-order chi connectivity index (χ1) is 9.63. The van der Waals surface area contributed by atoms with Crippen LogP contribution in [0, 0.1) is 5.82 Å². The molecule has 0 fully saturated rings. The second-order valence-corrected chi connectivity index (χ2v) is 5.62. The lowest BCUT2D eigenvalue weighted by molar-refractivity contribution is 0.394. The topological polar surface area (TPSA) is 25.2 Å². The summed E-state index contributed by atoms with van der Waals surface area (Å²) in [6.07, 6.45) is 1.43. The van der Waals surface area contributed by atoms with Crippen molar-refractivity contribution in [1.82, 2.24) is 5.32 Å². The van der Waals surface area contributed by atoms with Gasteiger partial charge in [-0.25, -0.2) is 4.39 Å². The van der Waals surface area contributed by atoms with Gasteiger partial charge in [0.05, 0.1) is 6.04 Å². The fraction of sp³-hybridized carbons (Fsp3) is 0.375. The van der Waals surface area contributed by atoms with Gasteiger partial charge in [0, 0.05) is 10.9 Å². The lowest BCUT2D eigenvalue weighted by atomic mass is 10.0. The fourth-order valence-electron chi connectivity index (χ4n) is 2.21. The first-order valence-electron chi connectivity index (χ1n) is 6.90. The molecule has 2 rings (SSSR count). The molecule has 0 aliphatic carbocycles. The quantitative estimate of drug-likeness (QED) is 0.829. The van der Waals surface area contributed by atoms with E-state index in [-0.39, 0.29) is 11.9 Å². The summed E-state index contributed by atoms with van der Waals surface area (Å²) in [5.41, 5.74) is 0.680. The van der Waals surface area contributed by atoms with Crippen molar-refractivity contribution in [3.63, 3.8) is 0 Å². The summed E-state index contributed by atoms with van der Waals surface area (Å²) in [7, 11) is 0.